The molecule has 1 aliphatic heterocycles. The van der Waals surface area contributed by atoms with Crippen molar-refractivity contribution in [3.05, 3.63) is 77.0 Å². The molecular formula is C18H15F2N3O2. The molecule has 25 heavy (non-hydrogen) atoms. The number of nitrogens with one attached hydrogen (secondary N) is 3. The van der Waals surface area contributed by atoms with Gasteiger partial charge in [-0.25, -0.2) is 13.6 Å². The van der Waals surface area contributed by atoms with Crippen molar-refractivity contribution >= 4 is 17.6 Å². The molecule has 2 aromatic carbocycles. The van der Waals surface area contributed by atoms with Crippen LogP contribution < -0.4 is 16.0 Å². The second-order valence-electron chi connectivity index (χ2n) is 5.53. The van der Waals surface area contributed by atoms with Crippen LogP contribution in [0, 0.1) is 11.6 Å². The summed E-state index contributed by atoms with van der Waals surface area (Å²) >= 11 is 0. The van der Waals surface area contributed by atoms with Crippen molar-refractivity contribution in [2.24, 2.45) is 0 Å². The van der Waals surface area contributed by atoms with Crippen LogP contribution in [0.5, 0.6) is 0 Å². The van der Waals surface area contributed by atoms with E-state index in [2.05, 4.69) is 16.0 Å². The number of halogens is 2. The predicted molar refractivity (Wildman–Crippen MR) is 88.5 cm³/mol. The van der Waals surface area contributed by atoms with Gasteiger partial charge in [0.2, 0.25) is 0 Å². The third-order valence-corrected chi connectivity index (χ3v) is 3.83. The maximum Gasteiger partial charge on any atom is 0.319 e. The van der Waals surface area contributed by atoms with E-state index in [9.17, 15) is 18.4 Å². The molecule has 1 aliphatic rings. The Hall–Kier alpha value is -3.22. The molecule has 7 heteroatoms. The van der Waals surface area contributed by atoms with Crippen LogP contribution in [0.3, 0.4) is 0 Å². The summed E-state index contributed by atoms with van der Waals surface area (Å²) in [4.78, 5) is 24.5. The second kappa shape index (κ2) is 6.72. The summed E-state index contributed by atoms with van der Waals surface area (Å²) in [5, 5.41) is 7.53. The van der Waals surface area contributed by atoms with Crippen LogP contribution in [-0.4, -0.2) is 11.9 Å². The third kappa shape index (κ3) is 3.35. The largest absolute Gasteiger partial charge is 0.326 e. The Morgan fingerprint density at radius 3 is 2.32 bits per heavy atom. The Labute approximate surface area is 142 Å². The summed E-state index contributed by atoms with van der Waals surface area (Å²) in [6.45, 7) is 1.50. The van der Waals surface area contributed by atoms with Gasteiger partial charge in [0, 0.05) is 11.4 Å². The topological polar surface area (TPSA) is 70.2 Å². The van der Waals surface area contributed by atoms with Gasteiger partial charge in [-0.3, -0.25) is 4.79 Å². The third-order valence-electron chi connectivity index (χ3n) is 3.83. The lowest BCUT2D eigenvalue weighted by Gasteiger charge is -2.29. The van der Waals surface area contributed by atoms with Gasteiger partial charge in [-0.15, -0.1) is 0 Å². The van der Waals surface area contributed by atoms with E-state index in [1.165, 1.54) is 13.0 Å². The van der Waals surface area contributed by atoms with Gasteiger partial charge in [0.25, 0.3) is 5.91 Å². The SMILES string of the molecule is CC1=C(C(=O)Nc2ccccc2)[C@@H](c2c(F)cccc2F)NC(=O)N1. The first-order chi connectivity index (χ1) is 12.0. The average Bonchev–Trinajstić information content (AvgIpc) is 2.55. The van der Waals surface area contributed by atoms with Gasteiger partial charge in [0.1, 0.15) is 11.6 Å². The molecule has 2 aromatic rings. The summed E-state index contributed by atoms with van der Waals surface area (Å²) in [6.07, 6.45) is 0. The zero-order valence-corrected chi connectivity index (χ0v) is 13.3. The highest BCUT2D eigenvalue weighted by Crippen LogP contribution is 2.31. The fourth-order valence-electron chi connectivity index (χ4n) is 2.72. The summed E-state index contributed by atoms with van der Waals surface area (Å²) in [5.41, 5.74) is 0.407. The minimum Gasteiger partial charge on any atom is -0.326 e. The number of hydrogen-bond acceptors (Lipinski definition) is 2. The molecule has 1 atom stereocenters. The number of urea groups is 1. The van der Waals surface area contributed by atoms with Crippen LogP contribution in [-0.2, 0) is 4.79 Å². The molecule has 0 radical (unpaired) electrons. The molecule has 5 nitrogen and oxygen atoms in total. The minimum atomic E-state index is -1.24. The van der Waals surface area contributed by atoms with Crippen LogP contribution in [0.2, 0.25) is 0 Å². The highest BCUT2D eigenvalue weighted by molar-refractivity contribution is 6.06. The lowest BCUT2D eigenvalue weighted by molar-refractivity contribution is -0.113. The summed E-state index contributed by atoms with van der Waals surface area (Å²) < 4.78 is 28.4. The Morgan fingerprint density at radius 1 is 1.04 bits per heavy atom. The van der Waals surface area contributed by atoms with E-state index >= 15 is 0 Å². The molecule has 3 amide bonds. The molecule has 0 bridgehead atoms. The monoisotopic (exact) mass is 343 g/mol. The fourth-order valence-corrected chi connectivity index (χ4v) is 2.72. The highest BCUT2D eigenvalue weighted by Gasteiger charge is 2.34. The van der Waals surface area contributed by atoms with Crippen LogP contribution in [0.1, 0.15) is 18.5 Å². The number of rotatable bonds is 3. The zero-order chi connectivity index (χ0) is 18.0. The van der Waals surface area contributed by atoms with Crippen molar-refractivity contribution < 1.29 is 18.4 Å². The Kier molecular flexibility index (Phi) is 4.47. The molecule has 0 fully saturated rings. The first-order valence-corrected chi connectivity index (χ1v) is 7.56. The number of para-hydroxylation sites is 1. The van der Waals surface area contributed by atoms with E-state index in [1.54, 1.807) is 30.3 Å². The van der Waals surface area contributed by atoms with Gasteiger partial charge in [-0.2, -0.15) is 0 Å². The molecule has 0 saturated heterocycles. The van der Waals surface area contributed by atoms with Crippen LogP contribution in [0.4, 0.5) is 19.3 Å². The molecule has 1 heterocycles. The van der Waals surface area contributed by atoms with E-state index < -0.39 is 29.6 Å². The van der Waals surface area contributed by atoms with Crippen molar-refractivity contribution in [2.45, 2.75) is 13.0 Å². The van der Waals surface area contributed by atoms with Crippen LogP contribution in [0.15, 0.2) is 59.8 Å². The molecule has 0 spiro atoms. The highest BCUT2D eigenvalue weighted by atomic mass is 19.1. The van der Waals surface area contributed by atoms with Crippen molar-refractivity contribution in [3.8, 4) is 0 Å². The van der Waals surface area contributed by atoms with Crippen molar-refractivity contribution in [3.63, 3.8) is 0 Å². The van der Waals surface area contributed by atoms with Gasteiger partial charge < -0.3 is 16.0 Å². The Morgan fingerprint density at radius 2 is 1.68 bits per heavy atom. The maximum atomic E-state index is 14.2. The van der Waals surface area contributed by atoms with Crippen LogP contribution >= 0.6 is 0 Å². The fraction of sp³-hybridized carbons (Fsp3) is 0.111. The second-order valence-corrected chi connectivity index (χ2v) is 5.53. The number of allylic oxidation sites excluding steroid dienone is 1. The number of amides is 3. The predicted octanol–water partition coefficient (Wildman–Crippen LogP) is 3.23. The Balaban J connectivity index is 2.02. The molecule has 0 aromatic heterocycles. The first kappa shape index (κ1) is 16.6. The molecule has 0 aliphatic carbocycles. The minimum absolute atomic E-state index is 0.0347. The van der Waals surface area contributed by atoms with Crippen molar-refractivity contribution in [2.75, 3.05) is 5.32 Å². The first-order valence-electron chi connectivity index (χ1n) is 7.56. The molecule has 0 unspecified atom stereocenters. The van der Waals surface area contributed by atoms with E-state index in [1.807, 2.05) is 0 Å². The van der Waals surface area contributed by atoms with Crippen LogP contribution in [0.25, 0.3) is 0 Å². The Bertz CT molecular complexity index is 846. The number of carbonyl (C=O) groups excluding carboxylic acids is 2. The molecule has 3 N–H and O–H groups in total. The normalized spacial score (nSPS) is 16.9. The molecule has 128 valence electrons. The van der Waals surface area contributed by atoms with Gasteiger partial charge in [-0.1, -0.05) is 24.3 Å². The quantitative estimate of drug-likeness (QED) is 0.801. The van der Waals surface area contributed by atoms with Crippen molar-refractivity contribution in [1.82, 2.24) is 10.6 Å². The van der Waals surface area contributed by atoms with Gasteiger partial charge in [0.05, 0.1) is 17.2 Å². The number of benzene rings is 2. The van der Waals surface area contributed by atoms with Crippen molar-refractivity contribution in [1.29, 1.82) is 0 Å². The smallest absolute Gasteiger partial charge is 0.319 e. The van der Waals surface area contributed by atoms with E-state index in [0.29, 0.717) is 5.69 Å². The van der Waals surface area contributed by atoms with E-state index in [-0.39, 0.29) is 16.8 Å². The zero-order valence-electron chi connectivity index (χ0n) is 13.3. The molecule has 0 saturated carbocycles. The van der Waals surface area contributed by atoms with Gasteiger partial charge in [-0.05, 0) is 31.2 Å². The summed E-state index contributed by atoms with van der Waals surface area (Å²) in [5.74, 6) is -2.25. The van der Waals surface area contributed by atoms with E-state index in [0.717, 1.165) is 12.1 Å². The standard InChI is InChI=1S/C18H15F2N3O2/c1-10-14(17(24)22-11-6-3-2-4-7-11)16(23-18(25)21-10)15-12(19)8-5-9-13(15)20/h2-9,16H,1H3,(H,22,24)(H2,21,23,25)/t16-/m0/s1. The number of anilines is 1. The average molecular weight is 343 g/mol. The van der Waals surface area contributed by atoms with Gasteiger partial charge in [0.15, 0.2) is 0 Å². The summed E-state index contributed by atoms with van der Waals surface area (Å²) in [6, 6.07) is 10.1. The maximum absolute atomic E-state index is 14.2. The lowest BCUT2D eigenvalue weighted by Crippen LogP contribution is -2.46. The molecular weight excluding hydrogens is 328 g/mol. The lowest BCUT2D eigenvalue weighted by atomic mass is 9.94. The van der Waals surface area contributed by atoms with Gasteiger partial charge >= 0.3 is 6.03 Å². The van der Waals surface area contributed by atoms with E-state index in [4.69, 9.17) is 0 Å². The number of carbonyl (C=O) groups is 2. The summed E-state index contributed by atoms with van der Waals surface area (Å²) in [7, 11) is 0. The molecule has 3 rings (SSSR count). The number of hydrogen-bond donors (Lipinski definition) is 3.